The molecule has 0 radical (unpaired) electrons. The van der Waals surface area contributed by atoms with Gasteiger partial charge in [-0.05, 0) is 37.6 Å². The summed E-state index contributed by atoms with van der Waals surface area (Å²) in [5.74, 6) is -0.617. The Kier molecular flexibility index (Phi) is 4.71. The van der Waals surface area contributed by atoms with Crippen molar-refractivity contribution in [2.75, 3.05) is 12.4 Å². The van der Waals surface area contributed by atoms with Gasteiger partial charge in [0, 0.05) is 30.8 Å². The van der Waals surface area contributed by atoms with E-state index in [-0.39, 0.29) is 18.4 Å². The van der Waals surface area contributed by atoms with Crippen molar-refractivity contribution in [1.29, 1.82) is 0 Å². The summed E-state index contributed by atoms with van der Waals surface area (Å²) in [6, 6.07) is 5.22. The third-order valence-corrected chi connectivity index (χ3v) is 2.64. The predicted molar refractivity (Wildman–Crippen MR) is 71.5 cm³/mol. The summed E-state index contributed by atoms with van der Waals surface area (Å²) < 4.78 is 0. The molecule has 4 N–H and O–H groups in total. The molecule has 0 aromatic heterocycles. The molecule has 1 unspecified atom stereocenters. The van der Waals surface area contributed by atoms with E-state index in [0.29, 0.717) is 5.56 Å². The van der Waals surface area contributed by atoms with Crippen LogP contribution in [0, 0.1) is 6.92 Å². The molecule has 5 heteroatoms. The zero-order chi connectivity index (χ0) is 13.7. The molecule has 98 valence electrons. The van der Waals surface area contributed by atoms with E-state index in [4.69, 9.17) is 5.73 Å². The van der Waals surface area contributed by atoms with Crippen LogP contribution in [-0.2, 0) is 4.79 Å². The van der Waals surface area contributed by atoms with Gasteiger partial charge in [-0.15, -0.1) is 0 Å². The molecule has 0 spiro atoms. The molecule has 1 aromatic carbocycles. The average Bonchev–Trinajstić information content (AvgIpc) is 2.27. The molecular weight excluding hydrogens is 230 g/mol. The van der Waals surface area contributed by atoms with E-state index >= 15 is 0 Å². The fraction of sp³-hybridized carbons (Fsp3) is 0.385. The van der Waals surface area contributed by atoms with Crippen LogP contribution in [0.1, 0.15) is 29.3 Å². The number of anilines is 1. The predicted octanol–water partition coefficient (Wildman–Crippen LogP) is 1.03. The molecule has 0 aliphatic rings. The minimum absolute atomic E-state index is 0.138. The minimum Gasteiger partial charge on any atom is -0.388 e. The van der Waals surface area contributed by atoms with E-state index < -0.39 is 5.91 Å². The van der Waals surface area contributed by atoms with Crippen LogP contribution < -0.4 is 16.4 Å². The summed E-state index contributed by atoms with van der Waals surface area (Å²) in [5.41, 5.74) is 7.51. The highest BCUT2D eigenvalue weighted by Crippen LogP contribution is 2.14. The molecule has 18 heavy (non-hydrogen) atoms. The number of hydrogen-bond acceptors (Lipinski definition) is 3. The van der Waals surface area contributed by atoms with E-state index in [1.54, 1.807) is 13.0 Å². The van der Waals surface area contributed by atoms with Crippen LogP contribution >= 0.6 is 0 Å². The van der Waals surface area contributed by atoms with Gasteiger partial charge in [-0.25, -0.2) is 0 Å². The molecular formula is C13H19N3O2. The number of aryl methyl sites for hydroxylation is 1. The SMILES string of the molecule is CNc1ccc(C(=O)NC(C)CC(N)=O)c(C)c1. The molecule has 0 saturated carbocycles. The van der Waals surface area contributed by atoms with E-state index in [1.165, 1.54) is 0 Å². The Hall–Kier alpha value is -2.04. The van der Waals surface area contributed by atoms with Crippen LogP contribution in [0.2, 0.25) is 0 Å². The molecule has 0 heterocycles. The maximum atomic E-state index is 12.0. The number of amides is 2. The molecule has 1 atom stereocenters. The molecule has 2 amide bonds. The van der Waals surface area contributed by atoms with Crippen LogP contribution in [0.4, 0.5) is 5.69 Å². The van der Waals surface area contributed by atoms with Crippen molar-refractivity contribution in [1.82, 2.24) is 5.32 Å². The van der Waals surface area contributed by atoms with Gasteiger partial charge in [-0.2, -0.15) is 0 Å². The summed E-state index contributed by atoms with van der Waals surface area (Å²) >= 11 is 0. The lowest BCUT2D eigenvalue weighted by Gasteiger charge is -2.14. The van der Waals surface area contributed by atoms with Gasteiger partial charge >= 0.3 is 0 Å². The maximum Gasteiger partial charge on any atom is 0.251 e. The van der Waals surface area contributed by atoms with Gasteiger partial charge < -0.3 is 16.4 Å². The summed E-state index contributed by atoms with van der Waals surface area (Å²) in [7, 11) is 1.82. The first-order valence-electron chi connectivity index (χ1n) is 5.81. The van der Waals surface area contributed by atoms with Crippen LogP contribution in [0.15, 0.2) is 18.2 Å². The lowest BCUT2D eigenvalue weighted by molar-refractivity contribution is -0.118. The number of hydrogen-bond donors (Lipinski definition) is 3. The largest absolute Gasteiger partial charge is 0.388 e. The number of benzene rings is 1. The number of carbonyl (C=O) groups excluding carboxylic acids is 2. The van der Waals surface area contributed by atoms with Crippen LogP contribution in [0.5, 0.6) is 0 Å². The van der Waals surface area contributed by atoms with Gasteiger partial charge in [0.25, 0.3) is 5.91 Å². The molecule has 1 aromatic rings. The van der Waals surface area contributed by atoms with Crippen molar-refractivity contribution in [3.63, 3.8) is 0 Å². The van der Waals surface area contributed by atoms with Gasteiger partial charge in [0.1, 0.15) is 0 Å². The Morgan fingerprint density at radius 1 is 1.39 bits per heavy atom. The first-order valence-corrected chi connectivity index (χ1v) is 5.81. The van der Waals surface area contributed by atoms with E-state index in [0.717, 1.165) is 11.3 Å². The van der Waals surface area contributed by atoms with Crippen LogP contribution in [-0.4, -0.2) is 24.9 Å². The van der Waals surface area contributed by atoms with Gasteiger partial charge in [0.2, 0.25) is 5.91 Å². The molecule has 1 rings (SSSR count). The van der Waals surface area contributed by atoms with Crippen molar-refractivity contribution >= 4 is 17.5 Å². The topological polar surface area (TPSA) is 84.2 Å². The van der Waals surface area contributed by atoms with Gasteiger partial charge in [-0.3, -0.25) is 9.59 Å². The van der Waals surface area contributed by atoms with Crippen molar-refractivity contribution in [2.24, 2.45) is 5.73 Å². The van der Waals surface area contributed by atoms with Gasteiger partial charge in [-0.1, -0.05) is 0 Å². The second-order valence-corrected chi connectivity index (χ2v) is 4.32. The second-order valence-electron chi connectivity index (χ2n) is 4.32. The molecule has 0 aliphatic carbocycles. The van der Waals surface area contributed by atoms with Gasteiger partial charge in [0.15, 0.2) is 0 Å². The van der Waals surface area contributed by atoms with E-state index in [2.05, 4.69) is 10.6 Å². The summed E-state index contributed by atoms with van der Waals surface area (Å²) in [6.07, 6.45) is 0.138. The van der Waals surface area contributed by atoms with E-state index in [1.807, 2.05) is 26.1 Å². The molecule has 0 fully saturated rings. The smallest absolute Gasteiger partial charge is 0.251 e. The van der Waals surface area contributed by atoms with Crippen LogP contribution in [0.25, 0.3) is 0 Å². The Balaban J connectivity index is 2.75. The normalized spacial score (nSPS) is 11.7. The van der Waals surface area contributed by atoms with Gasteiger partial charge in [0.05, 0.1) is 0 Å². The Bertz CT molecular complexity index is 458. The standard InChI is InChI=1S/C13H19N3O2/c1-8-6-10(15-3)4-5-11(8)13(18)16-9(2)7-12(14)17/h4-6,9,15H,7H2,1-3H3,(H2,14,17)(H,16,18). The summed E-state index contributed by atoms with van der Waals surface area (Å²) in [6.45, 7) is 3.62. The summed E-state index contributed by atoms with van der Waals surface area (Å²) in [5, 5.41) is 5.75. The molecule has 0 aliphatic heterocycles. The Morgan fingerprint density at radius 3 is 2.56 bits per heavy atom. The fourth-order valence-electron chi connectivity index (χ4n) is 1.73. The highest BCUT2D eigenvalue weighted by atomic mass is 16.2. The number of rotatable bonds is 5. The molecule has 0 saturated heterocycles. The number of primary amides is 1. The fourth-order valence-corrected chi connectivity index (χ4v) is 1.73. The first-order chi connectivity index (χ1) is 8.43. The first kappa shape index (κ1) is 14.0. The third kappa shape index (κ3) is 3.76. The number of carbonyl (C=O) groups is 2. The zero-order valence-corrected chi connectivity index (χ0v) is 10.9. The highest BCUT2D eigenvalue weighted by Gasteiger charge is 2.13. The van der Waals surface area contributed by atoms with Crippen molar-refractivity contribution in [3.8, 4) is 0 Å². The quantitative estimate of drug-likeness (QED) is 0.728. The van der Waals surface area contributed by atoms with Crippen molar-refractivity contribution < 1.29 is 9.59 Å². The Morgan fingerprint density at radius 2 is 2.06 bits per heavy atom. The lowest BCUT2D eigenvalue weighted by Crippen LogP contribution is -2.36. The Labute approximate surface area is 107 Å². The number of nitrogens with two attached hydrogens (primary N) is 1. The zero-order valence-electron chi connectivity index (χ0n) is 10.9. The minimum atomic E-state index is -0.426. The monoisotopic (exact) mass is 249 g/mol. The van der Waals surface area contributed by atoms with Crippen LogP contribution in [0.3, 0.4) is 0 Å². The van der Waals surface area contributed by atoms with Crippen molar-refractivity contribution in [2.45, 2.75) is 26.3 Å². The molecule has 5 nitrogen and oxygen atoms in total. The van der Waals surface area contributed by atoms with E-state index in [9.17, 15) is 9.59 Å². The maximum absolute atomic E-state index is 12.0. The average molecular weight is 249 g/mol. The number of nitrogens with one attached hydrogen (secondary N) is 2. The lowest BCUT2D eigenvalue weighted by atomic mass is 10.1. The van der Waals surface area contributed by atoms with Crippen molar-refractivity contribution in [3.05, 3.63) is 29.3 Å². The highest BCUT2D eigenvalue weighted by molar-refractivity contribution is 5.96. The summed E-state index contributed by atoms with van der Waals surface area (Å²) in [4.78, 5) is 22.7. The third-order valence-electron chi connectivity index (χ3n) is 2.64. The second kappa shape index (κ2) is 6.05. The molecule has 0 bridgehead atoms.